The molecule has 4 rings (SSSR count). The van der Waals surface area contributed by atoms with Crippen LogP contribution in [0.1, 0.15) is 50.5 Å². The Morgan fingerprint density at radius 3 is 2.75 bits per heavy atom. The zero-order valence-electron chi connectivity index (χ0n) is 19.3. The third-order valence-corrected chi connectivity index (χ3v) is 6.96. The molecule has 32 heavy (non-hydrogen) atoms. The van der Waals surface area contributed by atoms with Gasteiger partial charge in [0.2, 0.25) is 11.8 Å². The molecule has 2 fully saturated rings. The SMILES string of the molecule is O=C1CC2CCCCN2CCCN(C(=O)CN2CCOc3ccccc3C2)CCCCN1. The van der Waals surface area contributed by atoms with Crippen molar-refractivity contribution in [2.75, 3.05) is 52.4 Å². The summed E-state index contributed by atoms with van der Waals surface area (Å²) in [5.41, 5.74) is 1.15. The van der Waals surface area contributed by atoms with E-state index in [1.54, 1.807) is 0 Å². The highest BCUT2D eigenvalue weighted by Gasteiger charge is 2.26. The molecule has 3 aliphatic rings. The molecule has 2 amide bonds. The zero-order valence-corrected chi connectivity index (χ0v) is 19.3. The van der Waals surface area contributed by atoms with Crippen LogP contribution >= 0.6 is 0 Å². The molecule has 1 N–H and O–H groups in total. The predicted octanol–water partition coefficient (Wildman–Crippen LogP) is 2.25. The van der Waals surface area contributed by atoms with Gasteiger partial charge in [-0.05, 0) is 44.7 Å². The van der Waals surface area contributed by atoms with Crippen LogP contribution in [-0.2, 0) is 16.1 Å². The molecule has 0 bridgehead atoms. The predicted molar refractivity (Wildman–Crippen MR) is 124 cm³/mol. The summed E-state index contributed by atoms with van der Waals surface area (Å²) >= 11 is 0. The van der Waals surface area contributed by atoms with Crippen molar-refractivity contribution in [3.05, 3.63) is 29.8 Å². The summed E-state index contributed by atoms with van der Waals surface area (Å²) in [6.45, 7) is 6.84. The van der Waals surface area contributed by atoms with Crippen molar-refractivity contribution >= 4 is 11.8 Å². The number of nitrogens with zero attached hydrogens (tertiary/aromatic N) is 3. The summed E-state index contributed by atoms with van der Waals surface area (Å²) in [4.78, 5) is 32.3. The second kappa shape index (κ2) is 11.7. The number of hydrogen-bond donors (Lipinski definition) is 1. The average molecular weight is 443 g/mol. The van der Waals surface area contributed by atoms with Crippen molar-refractivity contribution in [1.29, 1.82) is 0 Å². The molecule has 1 aromatic carbocycles. The number of amides is 2. The van der Waals surface area contributed by atoms with Gasteiger partial charge in [0.1, 0.15) is 12.4 Å². The largest absolute Gasteiger partial charge is 0.492 e. The molecule has 1 unspecified atom stereocenters. The average Bonchev–Trinajstić information content (AvgIpc) is 2.99. The van der Waals surface area contributed by atoms with E-state index in [2.05, 4.69) is 26.1 Å². The number of ether oxygens (including phenoxy) is 1. The van der Waals surface area contributed by atoms with Crippen molar-refractivity contribution in [3.63, 3.8) is 0 Å². The zero-order chi connectivity index (χ0) is 22.2. The lowest BCUT2D eigenvalue weighted by atomic mass is 9.98. The summed E-state index contributed by atoms with van der Waals surface area (Å²) in [6, 6.07) is 8.46. The van der Waals surface area contributed by atoms with Crippen molar-refractivity contribution in [2.45, 2.75) is 57.5 Å². The molecule has 0 spiro atoms. The van der Waals surface area contributed by atoms with Crippen molar-refractivity contribution < 1.29 is 14.3 Å². The number of fused-ring (bicyclic) bond motifs is 2. The van der Waals surface area contributed by atoms with Crippen molar-refractivity contribution in [2.24, 2.45) is 0 Å². The van der Waals surface area contributed by atoms with Gasteiger partial charge in [0.25, 0.3) is 0 Å². The molecule has 0 saturated carbocycles. The summed E-state index contributed by atoms with van der Waals surface area (Å²) < 4.78 is 5.86. The van der Waals surface area contributed by atoms with E-state index in [1.165, 1.54) is 12.8 Å². The maximum absolute atomic E-state index is 13.3. The number of para-hydroxylation sites is 1. The summed E-state index contributed by atoms with van der Waals surface area (Å²) in [5, 5.41) is 3.09. The molecule has 176 valence electrons. The number of piperidine rings is 1. The van der Waals surface area contributed by atoms with Gasteiger partial charge in [0.15, 0.2) is 0 Å². The minimum Gasteiger partial charge on any atom is -0.492 e. The monoisotopic (exact) mass is 442 g/mol. The van der Waals surface area contributed by atoms with Gasteiger partial charge in [-0.25, -0.2) is 0 Å². The Hall–Kier alpha value is -2.12. The second-order valence-corrected chi connectivity index (χ2v) is 9.35. The topological polar surface area (TPSA) is 65.1 Å². The number of benzene rings is 1. The number of carbonyl (C=O) groups excluding carboxylic acids is 2. The molecule has 2 saturated heterocycles. The van der Waals surface area contributed by atoms with E-state index in [0.717, 1.165) is 76.3 Å². The molecule has 0 radical (unpaired) electrons. The quantitative estimate of drug-likeness (QED) is 0.761. The smallest absolute Gasteiger partial charge is 0.236 e. The first-order valence-corrected chi connectivity index (χ1v) is 12.4. The van der Waals surface area contributed by atoms with E-state index in [4.69, 9.17) is 4.74 Å². The first kappa shape index (κ1) is 23.1. The van der Waals surface area contributed by atoms with E-state index in [9.17, 15) is 9.59 Å². The molecule has 3 heterocycles. The normalized spacial score (nSPS) is 24.4. The van der Waals surface area contributed by atoms with Crippen LogP contribution in [0.4, 0.5) is 0 Å². The lowest BCUT2D eigenvalue weighted by molar-refractivity contribution is -0.132. The maximum atomic E-state index is 13.3. The standard InChI is InChI=1S/C25H38N4O3/c30-24-18-22-9-3-5-12-28(22)14-7-15-29(13-6-4-11-26-24)25(31)20-27-16-17-32-23-10-2-1-8-21(23)19-27/h1-2,8,10,22H,3-7,9,11-20H2,(H,26,30). The Morgan fingerprint density at radius 2 is 1.81 bits per heavy atom. The molecule has 0 aliphatic carbocycles. The number of carbonyl (C=O) groups is 2. The van der Waals surface area contributed by atoms with Crippen LogP contribution in [0.25, 0.3) is 0 Å². The molecule has 7 heteroatoms. The lowest BCUT2D eigenvalue weighted by Crippen LogP contribution is -2.44. The Balaban J connectivity index is 1.35. The third kappa shape index (κ3) is 6.45. The highest BCUT2D eigenvalue weighted by atomic mass is 16.5. The third-order valence-electron chi connectivity index (χ3n) is 6.96. The van der Waals surface area contributed by atoms with Gasteiger partial charge in [0.05, 0.1) is 6.54 Å². The summed E-state index contributed by atoms with van der Waals surface area (Å²) in [5.74, 6) is 1.32. The van der Waals surface area contributed by atoms with Crippen LogP contribution in [0.15, 0.2) is 24.3 Å². The van der Waals surface area contributed by atoms with E-state index in [1.807, 2.05) is 18.2 Å². The van der Waals surface area contributed by atoms with Crippen LogP contribution < -0.4 is 10.1 Å². The molecule has 3 aliphatic heterocycles. The summed E-state index contributed by atoms with van der Waals surface area (Å²) in [6.07, 6.45) is 6.94. The van der Waals surface area contributed by atoms with Crippen LogP contribution in [0, 0.1) is 0 Å². The number of hydrogen-bond acceptors (Lipinski definition) is 5. The van der Waals surface area contributed by atoms with Gasteiger partial charge in [-0.3, -0.25) is 19.4 Å². The Bertz CT molecular complexity index is 771. The van der Waals surface area contributed by atoms with Crippen molar-refractivity contribution in [1.82, 2.24) is 20.0 Å². The molecule has 1 aromatic rings. The van der Waals surface area contributed by atoms with Gasteiger partial charge in [-0.15, -0.1) is 0 Å². The van der Waals surface area contributed by atoms with E-state index < -0.39 is 0 Å². The van der Waals surface area contributed by atoms with E-state index in [0.29, 0.717) is 32.2 Å². The first-order chi connectivity index (χ1) is 15.7. The van der Waals surface area contributed by atoms with E-state index in [-0.39, 0.29) is 11.8 Å². The molecular formula is C25H38N4O3. The lowest BCUT2D eigenvalue weighted by Gasteiger charge is -2.36. The fourth-order valence-electron chi connectivity index (χ4n) is 5.16. The second-order valence-electron chi connectivity index (χ2n) is 9.35. The minimum absolute atomic E-state index is 0.178. The molecular weight excluding hydrogens is 404 g/mol. The van der Waals surface area contributed by atoms with Gasteiger partial charge < -0.3 is 15.0 Å². The van der Waals surface area contributed by atoms with Gasteiger partial charge in [-0.1, -0.05) is 24.6 Å². The first-order valence-electron chi connectivity index (χ1n) is 12.4. The Morgan fingerprint density at radius 1 is 1.00 bits per heavy atom. The van der Waals surface area contributed by atoms with Gasteiger partial charge in [0, 0.05) is 57.3 Å². The molecule has 1 atom stereocenters. The van der Waals surface area contributed by atoms with Gasteiger partial charge in [-0.2, -0.15) is 0 Å². The highest BCUT2D eigenvalue weighted by Crippen LogP contribution is 2.23. The van der Waals surface area contributed by atoms with Crippen LogP contribution in [0.2, 0.25) is 0 Å². The Labute approximate surface area is 192 Å². The molecule has 7 nitrogen and oxygen atoms in total. The van der Waals surface area contributed by atoms with Crippen LogP contribution in [-0.4, -0.2) is 85.0 Å². The van der Waals surface area contributed by atoms with Crippen LogP contribution in [0.3, 0.4) is 0 Å². The fraction of sp³-hybridized carbons (Fsp3) is 0.680. The fourth-order valence-corrected chi connectivity index (χ4v) is 5.16. The van der Waals surface area contributed by atoms with Crippen molar-refractivity contribution in [3.8, 4) is 5.75 Å². The Kier molecular flexibility index (Phi) is 8.40. The van der Waals surface area contributed by atoms with Gasteiger partial charge >= 0.3 is 0 Å². The number of rotatable bonds is 2. The maximum Gasteiger partial charge on any atom is 0.236 e. The van der Waals surface area contributed by atoms with Crippen LogP contribution in [0.5, 0.6) is 5.75 Å². The highest BCUT2D eigenvalue weighted by molar-refractivity contribution is 5.78. The summed E-state index contributed by atoms with van der Waals surface area (Å²) in [7, 11) is 0. The van der Waals surface area contributed by atoms with E-state index >= 15 is 0 Å². The molecule has 0 aromatic heterocycles. The number of nitrogens with one attached hydrogen (secondary N) is 1. The minimum atomic E-state index is 0.178.